The molecule has 6 nitrogen and oxygen atoms in total. The number of nitrogens with one attached hydrogen (secondary N) is 1. The maximum Gasteiger partial charge on any atom is 0.209 e. The van der Waals surface area contributed by atoms with Gasteiger partial charge < -0.3 is 14.2 Å². The van der Waals surface area contributed by atoms with Crippen LogP contribution in [0, 0.1) is 0 Å². The predicted molar refractivity (Wildman–Crippen MR) is 96.5 cm³/mol. The van der Waals surface area contributed by atoms with Crippen molar-refractivity contribution in [2.45, 2.75) is 51.4 Å². The third kappa shape index (κ3) is 7.66. The molecule has 3 atom stereocenters. The van der Waals surface area contributed by atoms with Crippen LogP contribution in [0.15, 0.2) is 42.5 Å². The van der Waals surface area contributed by atoms with Gasteiger partial charge in [-0.15, -0.1) is 0 Å². The van der Waals surface area contributed by atoms with Gasteiger partial charge in [-0.1, -0.05) is 36.4 Å². The first-order valence-corrected chi connectivity index (χ1v) is 10.1. The van der Waals surface area contributed by atoms with Gasteiger partial charge in [0.05, 0.1) is 31.1 Å². The van der Waals surface area contributed by atoms with E-state index in [9.17, 15) is 8.42 Å². The van der Waals surface area contributed by atoms with Crippen molar-refractivity contribution in [3.63, 3.8) is 0 Å². The molecule has 0 fully saturated rings. The van der Waals surface area contributed by atoms with Crippen LogP contribution < -0.4 is 4.72 Å². The molecule has 0 radical (unpaired) electrons. The number of sulfonamides is 1. The molecule has 0 saturated heterocycles. The fourth-order valence-corrected chi connectivity index (χ4v) is 3.15. The molecule has 1 aromatic carbocycles. The van der Waals surface area contributed by atoms with Crippen molar-refractivity contribution >= 4 is 10.0 Å². The van der Waals surface area contributed by atoms with Crippen LogP contribution in [0.4, 0.5) is 0 Å². The number of ether oxygens (including phenoxy) is 3. The summed E-state index contributed by atoms with van der Waals surface area (Å²) in [4.78, 5) is 0. The molecule has 140 valence electrons. The maximum absolute atomic E-state index is 11.6. The Kier molecular flexibility index (Phi) is 6.76. The second-order valence-electron chi connectivity index (χ2n) is 7.07. The summed E-state index contributed by atoms with van der Waals surface area (Å²) < 4.78 is 43.2. The van der Waals surface area contributed by atoms with Crippen LogP contribution in [0.3, 0.4) is 0 Å². The molecule has 0 aliphatic carbocycles. The Balaban J connectivity index is 1.99. The van der Waals surface area contributed by atoms with Crippen molar-refractivity contribution < 1.29 is 22.6 Å². The highest BCUT2D eigenvalue weighted by molar-refractivity contribution is 7.88. The SMILES string of the molecule is CC(C)(C)O[C@H]1C=C[C@@H](NS(C)(=O)=O)[C@@H](COCc2ccccc2)O1. The van der Waals surface area contributed by atoms with Gasteiger partial charge in [0.25, 0.3) is 0 Å². The largest absolute Gasteiger partial charge is 0.374 e. The van der Waals surface area contributed by atoms with E-state index in [-0.39, 0.29) is 12.2 Å². The summed E-state index contributed by atoms with van der Waals surface area (Å²) in [5.74, 6) is 0. The highest BCUT2D eigenvalue weighted by atomic mass is 32.2. The Morgan fingerprint density at radius 2 is 1.84 bits per heavy atom. The van der Waals surface area contributed by atoms with Crippen molar-refractivity contribution in [1.29, 1.82) is 0 Å². The van der Waals surface area contributed by atoms with Gasteiger partial charge in [-0.25, -0.2) is 13.1 Å². The van der Waals surface area contributed by atoms with E-state index in [4.69, 9.17) is 14.2 Å². The molecule has 1 heterocycles. The number of rotatable bonds is 7. The standard InChI is InChI=1S/C18H27NO5S/c1-18(2,3)24-17-11-10-15(19-25(4,20)21)16(23-17)13-22-12-14-8-6-5-7-9-14/h5-11,15-17,19H,12-13H2,1-4H3/t15-,16-,17+/m1/s1. The normalized spacial score (nSPS) is 24.4. The fraction of sp³-hybridized carbons (Fsp3) is 0.556. The van der Waals surface area contributed by atoms with E-state index in [1.807, 2.05) is 51.1 Å². The third-order valence-electron chi connectivity index (χ3n) is 3.40. The second-order valence-corrected chi connectivity index (χ2v) is 8.85. The number of benzene rings is 1. The first kappa shape index (κ1) is 20.1. The van der Waals surface area contributed by atoms with Crippen molar-refractivity contribution in [2.24, 2.45) is 0 Å². The zero-order chi connectivity index (χ0) is 18.5. The van der Waals surface area contributed by atoms with Crippen LogP contribution in [0.1, 0.15) is 26.3 Å². The van der Waals surface area contributed by atoms with Crippen LogP contribution in [0.2, 0.25) is 0 Å². The minimum Gasteiger partial charge on any atom is -0.374 e. The van der Waals surface area contributed by atoms with Crippen LogP contribution in [0.5, 0.6) is 0 Å². The summed E-state index contributed by atoms with van der Waals surface area (Å²) in [5.41, 5.74) is 0.672. The van der Waals surface area contributed by atoms with E-state index >= 15 is 0 Å². The van der Waals surface area contributed by atoms with Gasteiger partial charge in [-0.2, -0.15) is 0 Å². The monoisotopic (exact) mass is 369 g/mol. The average molecular weight is 369 g/mol. The van der Waals surface area contributed by atoms with E-state index in [1.54, 1.807) is 12.2 Å². The number of hydrogen-bond donors (Lipinski definition) is 1. The lowest BCUT2D eigenvalue weighted by molar-refractivity contribution is -0.207. The van der Waals surface area contributed by atoms with Crippen molar-refractivity contribution in [3.05, 3.63) is 48.0 Å². The fourth-order valence-electron chi connectivity index (χ4n) is 2.42. The van der Waals surface area contributed by atoms with Gasteiger partial charge in [-0.3, -0.25) is 0 Å². The van der Waals surface area contributed by atoms with Gasteiger partial charge in [0.2, 0.25) is 10.0 Å². The zero-order valence-corrected chi connectivity index (χ0v) is 16.0. The van der Waals surface area contributed by atoms with Crippen molar-refractivity contribution in [3.8, 4) is 0 Å². The van der Waals surface area contributed by atoms with Crippen molar-refractivity contribution in [2.75, 3.05) is 12.9 Å². The molecule has 7 heteroatoms. The van der Waals surface area contributed by atoms with Gasteiger partial charge >= 0.3 is 0 Å². The van der Waals surface area contributed by atoms with Crippen LogP contribution in [-0.2, 0) is 30.8 Å². The van der Waals surface area contributed by atoms with Gasteiger partial charge in [0.1, 0.15) is 6.10 Å². The minimum absolute atomic E-state index is 0.246. The molecular formula is C18H27NO5S. The van der Waals surface area contributed by atoms with E-state index in [0.29, 0.717) is 6.61 Å². The quantitative estimate of drug-likeness (QED) is 0.746. The molecule has 0 unspecified atom stereocenters. The summed E-state index contributed by atoms with van der Waals surface area (Å²) >= 11 is 0. The Morgan fingerprint density at radius 3 is 2.44 bits per heavy atom. The van der Waals surface area contributed by atoms with E-state index in [1.165, 1.54) is 0 Å². The first-order valence-electron chi connectivity index (χ1n) is 8.23. The highest BCUT2D eigenvalue weighted by Crippen LogP contribution is 2.20. The zero-order valence-electron chi connectivity index (χ0n) is 15.1. The van der Waals surface area contributed by atoms with E-state index in [0.717, 1.165) is 11.8 Å². The van der Waals surface area contributed by atoms with Crippen LogP contribution in [0.25, 0.3) is 0 Å². The lowest BCUT2D eigenvalue weighted by Crippen LogP contribution is -2.49. The molecule has 0 bridgehead atoms. The summed E-state index contributed by atoms with van der Waals surface area (Å²) in [7, 11) is -3.36. The Hall–Kier alpha value is -1.25. The molecule has 1 aliphatic rings. The van der Waals surface area contributed by atoms with E-state index in [2.05, 4.69) is 4.72 Å². The molecule has 0 spiro atoms. The predicted octanol–water partition coefficient (Wildman–Crippen LogP) is 2.22. The van der Waals surface area contributed by atoms with Crippen LogP contribution in [-0.4, -0.2) is 45.3 Å². The summed E-state index contributed by atoms with van der Waals surface area (Å²) in [6.45, 7) is 6.49. The Bertz CT molecular complexity index is 666. The van der Waals surface area contributed by atoms with Gasteiger partial charge in [0.15, 0.2) is 6.29 Å². The molecule has 1 aliphatic heterocycles. The second kappa shape index (κ2) is 8.42. The molecular weight excluding hydrogens is 342 g/mol. The Morgan fingerprint density at radius 1 is 1.16 bits per heavy atom. The van der Waals surface area contributed by atoms with Gasteiger partial charge in [0, 0.05) is 0 Å². The topological polar surface area (TPSA) is 73.9 Å². The molecule has 0 aromatic heterocycles. The summed E-state index contributed by atoms with van der Waals surface area (Å²) in [5, 5.41) is 0. The van der Waals surface area contributed by atoms with Gasteiger partial charge in [-0.05, 0) is 32.4 Å². The lowest BCUT2D eigenvalue weighted by Gasteiger charge is -2.35. The highest BCUT2D eigenvalue weighted by Gasteiger charge is 2.31. The maximum atomic E-state index is 11.6. The summed E-state index contributed by atoms with van der Waals surface area (Å²) in [6, 6.07) is 9.28. The minimum atomic E-state index is -3.36. The third-order valence-corrected chi connectivity index (χ3v) is 4.10. The summed E-state index contributed by atoms with van der Waals surface area (Å²) in [6.07, 6.45) is 3.60. The molecule has 0 saturated carbocycles. The Labute approximate surface area is 150 Å². The van der Waals surface area contributed by atoms with E-state index < -0.39 is 28.5 Å². The first-order chi connectivity index (χ1) is 11.6. The average Bonchev–Trinajstić information content (AvgIpc) is 2.48. The molecule has 25 heavy (non-hydrogen) atoms. The van der Waals surface area contributed by atoms with Crippen LogP contribution >= 0.6 is 0 Å². The molecule has 1 N–H and O–H groups in total. The number of hydrogen-bond acceptors (Lipinski definition) is 5. The molecule has 0 amide bonds. The smallest absolute Gasteiger partial charge is 0.209 e. The molecule has 2 rings (SSSR count). The van der Waals surface area contributed by atoms with Crippen molar-refractivity contribution in [1.82, 2.24) is 4.72 Å². The lowest BCUT2D eigenvalue weighted by atomic mass is 10.1. The molecule has 1 aromatic rings.